The second kappa shape index (κ2) is 10.9. The molecule has 0 bridgehead atoms. The first-order chi connectivity index (χ1) is 15.7. The minimum atomic E-state index is -3.16. The van der Waals surface area contributed by atoms with E-state index in [1.54, 1.807) is 4.90 Å². The summed E-state index contributed by atoms with van der Waals surface area (Å²) in [4.78, 5) is 40.5. The van der Waals surface area contributed by atoms with Crippen LogP contribution in [0.25, 0.3) is 0 Å². The van der Waals surface area contributed by atoms with Crippen LogP contribution in [-0.2, 0) is 19.1 Å². The number of halogens is 2. The largest absolute Gasteiger partial charge is 0.433 e. The molecule has 2 fully saturated rings. The lowest BCUT2D eigenvalue weighted by Crippen LogP contribution is -2.53. The Balaban J connectivity index is 1.84. The molecule has 0 aromatic heterocycles. The molecule has 3 N–H and O–H groups in total. The van der Waals surface area contributed by atoms with Gasteiger partial charge in [-0.15, -0.1) is 0 Å². The fraction of sp³-hybridized carbons (Fsp3) is 0.591. The number of carbonyl (C=O) groups excluding carboxylic acids is 3. The number of nitrogens with two attached hydrogens (primary N) is 1. The molecule has 1 aliphatic carbocycles. The number of morpholine rings is 1. The summed E-state index contributed by atoms with van der Waals surface area (Å²) in [6, 6.07) is 2.86. The number of amides is 3. The summed E-state index contributed by atoms with van der Waals surface area (Å²) in [5, 5.41) is 2.52. The molecule has 182 valence electrons. The van der Waals surface area contributed by atoms with Gasteiger partial charge in [0.25, 0.3) is 11.8 Å². The Labute approximate surface area is 191 Å². The van der Waals surface area contributed by atoms with Gasteiger partial charge in [-0.3, -0.25) is 19.3 Å². The molecule has 1 aromatic carbocycles. The Morgan fingerprint density at radius 1 is 1.33 bits per heavy atom. The van der Waals surface area contributed by atoms with E-state index in [-0.39, 0.29) is 36.4 Å². The summed E-state index contributed by atoms with van der Waals surface area (Å²) in [5.41, 5.74) is 5.85. The molecule has 1 saturated carbocycles. The average molecular weight is 469 g/mol. The summed E-state index contributed by atoms with van der Waals surface area (Å²) < 4.78 is 35.9. The Morgan fingerprint density at radius 2 is 2.06 bits per heavy atom. The number of alkyl halides is 2. The highest BCUT2D eigenvalue weighted by Crippen LogP contribution is 2.33. The Morgan fingerprint density at radius 3 is 2.64 bits per heavy atom. The highest BCUT2D eigenvalue weighted by Gasteiger charge is 2.36. The van der Waals surface area contributed by atoms with Gasteiger partial charge in [0.2, 0.25) is 5.91 Å². The van der Waals surface area contributed by atoms with Crippen LogP contribution in [0.4, 0.5) is 20.2 Å². The van der Waals surface area contributed by atoms with Crippen molar-refractivity contribution in [3.8, 4) is 5.75 Å². The van der Waals surface area contributed by atoms with Crippen LogP contribution in [0.3, 0.4) is 0 Å². The van der Waals surface area contributed by atoms with E-state index in [4.69, 9.17) is 10.5 Å². The van der Waals surface area contributed by atoms with Gasteiger partial charge in [0, 0.05) is 31.4 Å². The number of anilines is 2. The fourth-order valence-electron chi connectivity index (χ4n) is 3.83. The molecule has 9 nitrogen and oxygen atoms in total. The SMILES string of the molecule is CC(C)CN(CC1CC1)[C@H](C(N)=O)C(=O)Nc1ccc(N2CCOCC2=O)cc1OC(F)F. The number of carbonyl (C=O) groups is 3. The number of primary amides is 1. The molecule has 0 radical (unpaired) electrons. The minimum absolute atomic E-state index is 0.0491. The first kappa shape index (κ1) is 24.8. The van der Waals surface area contributed by atoms with Gasteiger partial charge in [-0.25, -0.2) is 0 Å². The van der Waals surface area contributed by atoms with Crippen molar-refractivity contribution in [3.05, 3.63) is 18.2 Å². The van der Waals surface area contributed by atoms with Gasteiger partial charge in [0.1, 0.15) is 6.61 Å². The molecule has 3 rings (SSSR count). The lowest BCUT2D eigenvalue weighted by Gasteiger charge is -2.30. The fourth-order valence-corrected chi connectivity index (χ4v) is 3.83. The first-order valence-electron chi connectivity index (χ1n) is 11.0. The monoisotopic (exact) mass is 468 g/mol. The summed E-state index contributed by atoms with van der Waals surface area (Å²) in [5.74, 6) is -1.60. The van der Waals surface area contributed by atoms with Gasteiger partial charge in [-0.05, 0) is 36.8 Å². The molecule has 11 heteroatoms. The summed E-state index contributed by atoms with van der Waals surface area (Å²) in [7, 11) is 0. The zero-order valence-electron chi connectivity index (χ0n) is 18.8. The van der Waals surface area contributed by atoms with Crippen molar-refractivity contribution in [1.29, 1.82) is 0 Å². The van der Waals surface area contributed by atoms with Crippen LogP contribution >= 0.6 is 0 Å². The van der Waals surface area contributed by atoms with E-state index in [1.165, 1.54) is 23.1 Å². The lowest BCUT2D eigenvalue weighted by atomic mass is 10.1. The van der Waals surface area contributed by atoms with E-state index >= 15 is 0 Å². The van der Waals surface area contributed by atoms with E-state index in [0.29, 0.717) is 31.3 Å². The van der Waals surface area contributed by atoms with Crippen LogP contribution in [-0.4, -0.2) is 68.1 Å². The number of ether oxygens (including phenoxy) is 2. The molecule has 0 spiro atoms. The van der Waals surface area contributed by atoms with Gasteiger partial charge in [-0.1, -0.05) is 13.8 Å². The highest BCUT2D eigenvalue weighted by molar-refractivity contribution is 6.10. The normalized spacial score (nSPS) is 17.5. The summed E-state index contributed by atoms with van der Waals surface area (Å²) in [6.45, 7) is 2.27. The first-order valence-corrected chi connectivity index (χ1v) is 11.0. The zero-order valence-corrected chi connectivity index (χ0v) is 18.8. The third-order valence-corrected chi connectivity index (χ3v) is 5.41. The van der Waals surface area contributed by atoms with E-state index in [9.17, 15) is 23.2 Å². The maximum Gasteiger partial charge on any atom is 0.387 e. The maximum absolute atomic E-state index is 13.1. The Hall–Kier alpha value is -2.79. The van der Waals surface area contributed by atoms with Crippen LogP contribution < -0.4 is 20.7 Å². The molecule has 2 aliphatic rings. The van der Waals surface area contributed by atoms with Gasteiger partial charge in [0.15, 0.2) is 11.8 Å². The van der Waals surface area contributed by atoms with Gasteiger partial charge in [-0.2, -0.15) is 8.78 Å². The molecule has 3 amide bonds. The standard InChI is InChI=1S/C22H30F2N4O5/c1-13(2)10-27(11-14-3-4-14)19(20(25)30)21(31)26-16-6-5-15(9-17(16)33-22(23)24)28-7-8-32-12-18(28)29/h5-6,9,13-14,19,22H,3-4,7-8,10-12H2,1-2H3,(H2,25,30)(H,26,31)/t19-/m1/s1. The second-order valence-electron chi connectivity index (χ2n) is 8.74. The van der Waals surface area contributed by atoms with Crippen LogP contribution in [0, 0.1) is 11.8 Å². The van der Waals surface area contributed by atoms with Gasteiger partial charge < -0.3 is 25.4 Å². The third kappa shape index (κ3) is 6.84. The average Bonchev–Trinajstić information content (AvgIpc) is 3.52. The molecule has 1 saturated heterocycles. The quantitative estimate of drug-likeness (QED) is 0.479. The molecule has 1 atom stereocenters. The van der Waals surface area contributed by atoms with Crippen LogP contribution in [0.2, 0.25) is 0 Å². The van der Waals surface area contributed by atoms with Crippen molar-refractivity contribution < 1.29 is 32.6 Å². The van der Waals surface area contributed by atoms with Gasteiger partial charge >= 0.3 is 6.61 Å². The van der Waals surface area contributed by atoms with Crippen molar-refractivity contribution in [1.82, 2.24) is 4.90 Å². The van der Waals surface area contributed by atoms with E-state index in [1.807, 2.05) is 13.8 Å². The number of hydrogen-bond acceptors (Lipinski definition) is 6. The van der Waals surface area contributed by atoms with Crippen molar-refractivity contribution in [3.63, 3.8) is 0 Å². The van der Waals surface area contributed by atoms with Crippen molar-refractivity contribution >= 4 is 29.1 Å². The maximum atomic E-state index is 13.1. The second-order valence-corrected chi connectivity index (χ2v) is 8.74. The van der Waals surface area contributed by atoms with Crippen molar-refractivity contribution in [2.45, 2.75) is 39.3 Å². The van der Waals surface area contributed by atoms with Crippen molar-refractivity contribution in [2.24, 2.45) is 17.6 Å². The van der Waals surface area contributed by atoms with Crippen LogP contribution in [0.15, 0.2) is 18.2 Å². The van der Waals surface area contributed by atoms with Crippen LogP contribution in [0.1, 0.15) is 26.7 Å². The van der Waals surface area contributed by atoms with Crippen molar-refractivity contribution in [2.75, 3.05) is 43.1 Å². The predicted molar refractivity (Wildman–Crippen MR) is 117 cm³/mol. The topological polar surface area (TPSA) is 114 Å². The summed E-state index contributed by atoms with van der Waals surface area (Å²) in [6.07, 6.45) is 2.05. The number of nitrogens with one attached hydrogen (secondary N) is 1. The zero-order chi connectivity index (χ0) is 24.1. The number of hydrogen-bond donors (Lipinski definition) is 2. The molecular weight excluding hydrogens is 438 g/mol. The molecule has 1 heterocycles. The smallest absolute Gasteiger partial charge is 0.387 e. The predicted octanol–water partition coefficient (Wildman–Crippen LogP) is 1.81. The van der Waals surface area contributed by atoms with E-state index in [0.717, 1.165) is 12.8 Å². The third-order valence-electron chi connectivity index (χ3n) is 5.41. The molecule has 33 heavy (non-hydrogen) atoms. The minimum Gasteiger partial charge on any atom is -0.433 e. The molecule has 1 aliphatic heterocycles. The Kier molecular flexibility index (Phi) is 8.20. The molecular formula is C22H30F2N4O5. The van der Waals surface area contributed by atoms with E-state index in [2.05, 4.69) is 10.1 Å². The van der Waals surface area contributed by atoms with Gasteiger partial charge in [0.05, 0.1) is 12.3 Å². The molecule has 1 aromatic rings. The van der Waals surface area contributed by atoms with Crippen LogP contribution in [0.5, 0.6) is 5.75 Å². The molecule has 0 unspecified atom stereocenters. The number of benzene rings is 1. The number of nitrogens with zero attached hydrogens (tertiary/aromatic N) is 2. The summed E-state index contributed by atoms with van der Waals surface area (Å²) >= 11 is 0. The lowest BCUT2D eigenvalue weighted by molar-refractivity contribution is -0.133. The van der Waals surface area contributed by atoms with E-state index < -0.39 is 24.5 Å². The number of rotatable bonds is 11. The highest BCUT2D eigenvalue weighted by atomic mass is 19.3. The Bertz CT molecular complexity index is 874.